The largest absolute Gasteiger partial charge is 0.496 e. The summed E-state index contributed by atoms with van der Waals surface area (Å²) in [4.78, 5) is 16.4. The molecule has 134 valence electrons. The Hall–Kier alpha value is -1.34. The van der Waals surface area contributed by atoms with Crippen molar-refractivity contribution in [3.8, 4) is 5.75 Å². The molecule has 24 heavy (non-hydrogen) atoms. The summed E-state index contributed by atoms with van der Waals surface area (Å²) in [5.41, 5.74) is 1.08. The molecule has 7 heteroatoms. The fourth-order valence-electron chi connectivity index (χ4n) is 2.75. The van der Waals surface area contributed by atoms with E-state index in [0.717, 1.165) is 44.0 Å². The molecule has 0 aromatic heterocycles. The van der Waals surface area contributed by atoms with Crippen molar-refractivity contribution in [2.75, 3.05) is 60.1 Å². The highest BCUT2D eigenvalue weighted by Gasteiger charge is 2.21. The van der Waals surface area contributed by atoms with E-state index < -0.39 is 0 Å². The van der Waals surface area contributed by atoms with Crippen LogP contribution in [0.3, 0.4) is 0 Å². The second kappa shape index (κ2) is 9.84. The van der Waals surface area contributed by atoms with Gasteiger partial charge in [-0.3, -0.25) is 9.69 Å². The minimum Gasteiger partial charge on any atom is -0.496 e. The van der Waals surface area contributed by atoms with Crippen LogP contribution in [0.4, 0.5) is 0 Å². The van der Waals surface area contributed by atoms with Gasteiger partial charge in [-0.2, -0.15) is 0 Å². The molecule has 0 unspecified atom stereocenters. The van der Waals surface area contributed by atoms with E-state index >= 15 is 0 Å². The number of nitrogens with one attached hydrogen (secondary N) is 1. The van der Waals surface area contributed by atoms with Crippen LogP contribution in [-0.2, 0) is 16.1 Å². The number of hydrogen-bond donors (Lipinski definition) is 1. The molecule has 2 rings (SSSR count). The monoisotopic (exact) mass is 355 g/mol. The van der Waals surface area contributed by atoms with Gasteiger partial charge in [0.05, 0.1) is 20.3 Å². The summed E-state index contributed by atoms with van der Waals surface area (Å²) in [5.74, 6) is 0.992. The maximum absolute atomic E-state index is 12.1. The number of halogens is 1. The molecule has 0 atom stereocenters. The molecule has 0 spiro atoms. The first-order valence-electron chi connectivity index (χ1n) is 8.16. The number of ether oxygens (including phenoxy) is 2. The quantitative estimate of drug-likeness (QED) is 0.711. The van der Waals surface area contributed by atoms with Crippen molar-refractivity contribution in [3.63, 3.8) is 0 Å². The van der Waals surface area contributed by atoms with Gasteiger partial charge in [0.1, 0.15) is 5.75 Å². The number of benzene rings is 1. The van der Waals surface area contributed by atoms with E-state index in [-0.39, 0.29) is 5.91 Å². The van der Waals surface area contributed by atoms with Crippen LogP contribution < -0.4 is 10.1 Å². The van der Waals surface area contributed by atoms with Gasteiger partial charge in [-0.1, -0.05) is 11.6 Å². The lowest BCUT2D eigenvalue weighted by molar-refractivity contribution is -0.132. The number of piperazine rings is 1. The van der Waals surface area contributed by atoms with Gasteiger partial charge in [0.2, 0.25) is 5.91 Å². The van der Waals surface area contributed by atoms with Crippen LogP contribution in [0.25, 0.3) is 0 Å². The summed E-state index contributed by atoms with van der Waals surface area (Å²) in [5, 5.41) is 3.80. The number of methoxy groups -OCH3 is 2. The van der Waals surface area contributed by atoms with Gasteiger partial charge < -0.3 is 19.7 Å². The molecule has 6 nitrogen and oxygen atoms in total. The van der Waals surface area contributed by atoms with Gasteiger partial charge >= 0.3 is 0 Å². The zero-order valence-electron chi connectivity index (χ0n) is 14.4. The topological polar surface area (TPSA) is 54.0 Å². The van der Waals surface area contributed by atoms with E-state index in [9.17, 15) is 4.79 Å². The number of hydrogen-bond acceptors (Lipinski definition) is 5. The van der Waals surface area contributed by atoms with Gasteiger partial charge in [0.25, 0.3) is 0 Å². The summed E-state index contributed by atoms with van der Waals surface area (Å²) in [6.07, 6.45) is 0. The Labute approximate surface area is 148 Å². The van der Waals surface area contributed by atoms with Crippen molar-refractivity contribution in [2.24, 2.45) is 0 Å². The zero-order valence-corrected chi connectivity index (χ0v) is 15.1. The number of carbonyl (C=O) groups is 1. The Morgan fingerprint density at radius 3 is 2.67 bits per heavy atom. The third-order valence-electron chi connectivity index (χ3n) is 4.12. The number of carbonyl (C=O) groups excluding carboxylic acids is 1. The minimum absolute atomic E-state index is 0.145. The summed E-state index contributed by atoms with van der Waals surface area (Å²) in [7, 11) is 3.32. The molecule has 0 radical (unpaired) electrons. The number of amides is 1. The average molecular weight is 356 g/mol. The minimum atomic E-state index is 0.145. The van der Waals surface area contributed by atoms with Crippen LogP contribution in [0.1, 0.15) is 5.56 Å². The van der Waals surface area contributed by atoms with Gasteiger partial charge in [-0.25, -0.2) is 0 Å². The lowest BCUT2D eigenvalue weighted by Gasteiger charge is -2.35. The highest BCUT2D eigenvalue weighted by atomic mass is 35.5. The van der Waals surface area contributed by atoms with Crippen LogP contribution in [0.2, 0.25) is 5.02 Å². The van der Waals surface area contributed by atoms with Crippen molar-refractivity contribution < 1.29 is 14.3 Å². The van der Waals surface area contributed by atoms with Gasteiger partial charge in [0.15, 0.2) is 0 Å². The molecule has 1 aliphatic rings. The van der Waals surface area contributed by atoms with E-state index in [1.165, 1.54) is 0 Å². The highest BCUT2D eigenvalue weighted by molar-refractivity contribution is 6.30. The van der Waals surface area contributed by atoms with Crippen LogP contribution in [0.15, 0.2) is 18.2 Å². The highest BCUT2D eigenvalue weighted by Crippen LogP contribution is 2.24. The predicted octanol–water partition coefficient (Wildman–Crippen LogP) is 1.23. The van der Waals surface area contributed by atoms with E-state index in [0.29, 0.717) is 24.7 Å². The third kappa shape index (κ3) is 5.63. The molecule has 1 amide bonds. The van der Waals surface area contributed by atoms with E-state index in [1.807, 2.05) is 23.1 Å². The maximum Gasteiger partial charge on any atom is 0.236 e. The van der Waals surface area contributed by atoms with Crippen LogP contribution in [0.5, 0.6) is 5.75 Å². The van der Waals surface area contributed by atoms with Crippen molar-refractivity contribution in [1.29, 1.82) is 0 Å². The standard InChI is InChI=1S/C17H26ClN3O3/c1-23-10-5-19-12-17(22)21-8-6-20(7-9-21)13-14-11-15(18)3-4-16(14)24-2/h3-4,11,19H,5-10,12-13H2,1-2H3. The number of nitrogens with zero attached hydrogens (tertiary/aromatic N) is 2. The Morgan fingerprint density at radius 1 is 1.25 bits per heavy atom. The molecular weight excluding hydrogens is 330 g/mol. The first kappa shape index (κ1) is 19.0. The summed E-state index contributed by atoms with van der Waals surface area (Å²) in [6, 6.07) is 5.66. The van der Waals surface area contributed by atoms with Crippen LogP contribution in [-0.4, -0.2) is 75.8 Å². The molecule has 1 aromatic carbocycles. The number of rotatable bonds is 8. The first-order chi connectivity index (χ1) is 11.6. The summed E-state index contributed by atoms with van der Waals surface area (Å²) < 4.78 is 10.4. The molecule has 1 N–H and O–H groups in total. The Morgan fingerprint density at radius 2 is 2.00 bits per heavy atom. The molecular formula is C17H26ClN3O3. The summed E-state index contributed by atoms with van der Waals surface area (Å²) in [6.45, 7) is 5.63. The average Bonchev–Trinajstić information content (AvgIpc) is 2.59. The van der Waals surface area contributed by atoms with Gasteiger partial charge in [-0.15, -0.1) is 0 Å². The molecule has 1 saturated heterocycles. The predicted molar refractivity (Wildman–Crippen MR) is 94.6 cm³/mol. The second-order valence-corrected chi connectivity index (χ2v) is 6.22. The Balaban J connectivity index is 1.78. The third-order valence-corrected chi connectivity index (χ3v) is 4.36. The van der Waals surface area contributed by atoms with Crippen LogP contribution >= 0.6 is 11.6 Å². The molecule has 1 aliphatic heterocycles. The smallest absolute Gasteiger partial charge is 0.236 e. The van der Waals surface area contributed by atoms with Crippen molar-refractivity contribution >= 4 is 17.5 Å². The Bertz CT molecular complexity index is 534. The molecule has 1 aromatic rings. The fraction of sp³-hybridized carbons (Fsp3) is 0.588. The van der Waals surface area contributed by atoms with E-state index in [1.54, 1.807) is 14.2 Å². The van der Waals surface area contributed by atoms with Gasteiger partial charge in [0, 0.05) is 57.0 Å². The van der Waals surface area contributed by atoms with Crippen molar-refractivity contribution in [3.05, 3.63) is 28.8 Å². The summed E-state index contributed by atoms with van der Waals surface area (Å²) >= 11 is 6.08. The molecule has 0 saturated carbocycles. The first-order valence-corrected chi connectivity index (χ1v) is 8.54. The molecule has 0 aliphatic carbocycles. The SMILES string of the molecule is COCCNCC(=O)N1CCN(Cc2cc(Cl)ccc2OC)CC1. The molecule has 0 bridgehead atoms. The van der Waals surface area contributed by atoms with Crippen molar-refractivity contribution in [1.82, 2.24) is 15.1 Å². The fourth-order valence-corrected chi connectivity index (χ4v) is 2.94. The normalized spacial score (nSPS) is 15.5. The zero-order chi connectivity index (χ0) is 17.4. The van der Waals surface area contributed by atoms with E-state index in [2.05, 4.69) is 10.2 Å². The van der Waals surface area contributed by atoms with Gasteiger partial charge in [-0.05, 0) is 18.2 Å². The molecule has 1 fully saturated rings. The van der Waals surface area contributed by atoms with Crippen molar-refractivity contribution in [2.45, 2.75) is 6.54 Å². The van der Waals surface area contributed by atoms with Crippen LogP contribution in [0, 0.1) is 0 Å². The lowest BCUT2D eigenvalue weighted by atomic mass is 10.1. The second-order valence-electron chi connectivity index (χ2n) is 5.78. The Kier molecular flexibility index (Phi) is 7.78. The lowest BCUT2D eigenvalue weighted by Crippen LogP contribution is -2.50. The molecule has 1 heterocycles. The maximum atomic E-state index is 12.1. The van der Waals surface area contributed by atoms with E-state index in [4.69, 9.17) is 21.1 Å².